The lowest BCUT2D eigenvalue weighted by atomic mass is 10.0. The molecule has 6 rings (SSSR count). The van der Waals surface area contributed by atoms with Gasteiger partial charge in [-0.3, -0.25) is 4.79 Å². The molecule has 1 unspecified atom stereocenters. The Morgan fingerprint density at radius 2 is 1.77 bits per heavy atom. The summed E-state index contributed by atoms with van der Waals surface area (Å²) >= 11 is 0. The summed E-state index contributed by atoms with van der Waals surface area (Å²) in [6, 6.07) is 22.3. The molecule has 0 spiro atoms. The summed E-state index contributed by atoms with van der Waals surface area (Å²) in [5, 5.41) is 18.3. The predicted octanol–water partition coefficient (Wildman–Crippen LogP) is 4.94. The molecule has 6 N–H and O–H groups in total. The number of carbonyl (C=O) groups excluding carboxylic acids is 2. The molecule has 2 aliphatic rings. The fraction of sp³-hybridized carbons (Fsp3) is 0.200. The van der Waals surface area contributed by atoms with Crippen molar-refractivity contribution < 1.29 is 32.7 Å². The van der Waals surface area contributed by atoms with Crippen LogP contribution in [0.5, 0.6) is 0 Å². The lowest BCUT2D eigenvalue weighted by molar-refractivity contribution is -0.192. The summed E-state index contributed by atoms with van der Waals surface area (Å²) in [7, 11) is 1.78. The number of anilines is 3. The first-order chi connectivity index (χ1) is 20.4. The van der Waals surface area contributed by atoms with E-state index in [9.17, 15) is 22.8 Å². The number of carboxylic acids is 1. The molecule has 0 radical (unpaired) electrons. The molecular formula is C30H29F3N6O4. The number of amides is 3. The third-order valence-corrected chi connectivity index (χ3v) is 6.65. The SMILES string of the molecule is CN1CCc2ccc(cc2)C(Nc2ccc3c(N)nccc3c2)C(=O)NCc2cccc(c2)NC1=O.O=C(O)C(F)(F)F. The van der Waals surface area contributed by atoms with Gasteiger partial charge in [-0.1, -0.05) is 36.4 Å². The van der Waals surface area contributed by atoms with Gasteiger partial charge in [0.15, 0.2) is 0 Å². The number of hydrogen-bond acceptors (Lipinski definition) is 6. The average Bonchev–Trinajstić information content (AvgIpc) is 2.97. The number of carbonyl (C=O) groups is 3. The van der Waals surface area contributed by atoms with Crippen LogP contribution in [-0.4, -0.2) is 52.7 Å². The molecule has 1 aromatic heterocycles. The lowest BCUT2D eigenvalue weighted by Gasteiger charge is -2.22. The number of nitrogens with one attached hydrogen (secondary N) is 3. The van der Waals surface area contributed by atoms with Crippen LogP contribution in [0.15, 0.2) is 79.0 Å². The summed E-state index contributed by atoms with van der Waals surface area (Å²) < 4.78 is 31.7. The molecule has 3 heterocycles. The van der Waals surface area contributed by atoms with Crippen LogP contribution in [0.3, 0.4) is 0 Å². The van der Waals surface area contributed by atoms with Gasteiger partial charge < -0.3 is 31.7 Å². The summed E-state index contributed by atoms with van der Waals surface area (Å²) in [5.41, 5.74) is 10.3. The molecule has 3 amide bonds. The molecule has 0 aliphatic carbocycles. The molecule has 224 valence electrons. The van der Waals surface area contributed by atoms with Gasteiger partial charge in [-0.2, -0.15) is 13.2 Å². The maximum Gasteiger partial charge on any atom is 0.490 e. The largest absolute Gasteiger partial charge is 0.490 e. The highest BCUT2D eigenvalue weighted by Gasteiger charge is 2.38. The van der Waals surface area contributed by atoms with E-state index < -0.39 is 18.2 Å². The highest BCUT2D eigenvalue weighted by atomic mass is 19.4. The Morgan fingerprint density at radius 1 is 1.05 bits per heavy atom. The first-order valence-corrected chi connectivity index (χ1v) is 13.1. The Kier molecular flexibility index (Phi) is 9.33. The molecule has 0 fully saturated rings. The number of aromatic nitrogens is 1. The first-order valence-electron chi connectivity index (χ1n) is 13.1. The summed E-state index contributed by atoms with van der Waals surface area (Å²) in [5.74, 6) is -2.44. The molecule has 1 atom stereocenters. The number of benzene rings is 3. The van der Waals surface area contributed by atoms with Crippen molar-refractivity contribution in [1.29, 1.82) is 0 Å². The van der Waals surface area contributed by atoms with Crippen LogP contribution in [0.4, 0.5) is 35.2 Å². The van der Waals surface area contributed by atoms with Gasteiger partial charge in [-0.15, -0.1) is 0 Å². The quantitative estimate of drug-likeness (QED) is 0.221. The number of urea groups is 1. The second kappa shape index (κ2) is 13.1. The van der Waals surface area contributed by atoms with Gasteiger partial charge in [0.1, 0.15) is 11.9 Å². The molecule has 4 bridgehead atoms. The summed E-state index contributed by atoms with van der Waals surface area (Å²) in [4.78, 5) is 40.7. The number of halogens is 3. The van der Waals surface area contributed by atoms with E-state index >= 15 is 0 Å². The van der Waals surface area contributed by atoms with Gasteiger partial charge in [0.05, 0.1) is 0 Å². The monoisotopic (exact) mass is 594 g/mol. The second-order valence-electron chi connectivity index (χ2n) is 9.77. The molecule has 0 saturated heterocycles. The molecule has 2 aliphatic heterocycles. The van der Waals surface area contributed by atoms with Crippen molar-refractivity contribution in [2.45, 2.75) is 25.2 Å². The minimum absolute atomic E-state index is 0.154. The molecule has 10 nitrogen and oxygen atoms in total. The van der Waals surface area contributed by atoms with E-state index in [2.05, 4.69) is 20.9 Å². The van der Waals surface area contributed by atoms with Gasteiger partial charge in [0.2, 0.25) is 5.91 Å². The van der Waals surface area contributed by atoms with Crippen LogP contribution >= 0.6 is 0 Å². The number of hydrogen-bond donors (Lipinski definition) is 5. The van der Waals surface area contributed by atoms with Gasteiger partial charge >= 0.3 is 18.2 Å². The molecular weight excluding hydrogens is 565 g/mol. The van der Waals surface area contributed by atoms with Gasteiger partial charge in [0, 0.05) is 43.1 Å². The normalized spacial score (nSPS) is 15.6. The molecule has 3 aromatic carbocycles. The van der Waals surface area contributed by atoms with Crippen LogP contribution in [0.25, 0.3) is 10.8 Å². The number of nitrogen functional groups attached to an aromatic ring is 1. The van der Waals surface area contributed by atoms with Crippen LogP contribution in [0.2, 0.25) is 0 Å². The van der Waals surface area contributed by atoms with Crippen molar-refractivity contribution in [3.63, 3.8) is 0 Å². The Labute approximate surface area is 244 Å². The number of nitrogens with zero attached hydrogens (tertiary/aromatic N) is 2. The smallest absolute Gasteiger partial charge is 0.475 e. The topological polar surface area (TPSA) is 150 Å². The number of pyridine rings is 1. The van der Waals surface area contributed by atoms with E-state index in [0.29, 0.717) is 31.0 Å². The third-order valence-electron chi connectivity index (χ3n) is 6.65. The van der Waals surface area contributed by atoms with E-state index in [1.807, 2.05) is 72.8 Å². The van der Waals surface area contributed by atoms with E-state index in [0.717, 1.165) is 33.2 Å². The number of likely N-dealkylation sites (N-methyl/N-ethyl adjacent to an activating group) is 1. The zero-order valence-electron chi connectivity index (χ0n) is 23.0. The Hall–Kier alpha value is -5.33. The predicted molar refractivity (Wildman–Crippen MR) is 156 cm³/mol. The average molecular weight is 595 g/mol. The number of fused-ring (bicyclic) bond motifs is 10. The fourth-order valence-electron chi connectivity index (χ4n) is 4.30. The number of alkyl halides is 3. The zero-order chi connectivity index (χ0) is 31.1. The van der Waals surface area contributed by atoms with E-state index in [-0.39, 0.29) is 11.9 Å². The highest BCUT2D eigenvalue weighted by Crippen LogP contribution is 2.26. The van der Waals surface area contributed by atoms with Crippen molar-refractivity contribution in [2.24, 2.45) is 0 Å². The summed E-state index contributed by atoms with van der Waals surface area (Å²) in [6.07, 6.45) is -2.71. The van der Waals surface area contributed by atoms with E-state index in [1.165, 1.54) is 0 Å². The summed E-state index contributed by atoms with van der Waals surface area (Å²) in [6.45, 7) is 0.899. The van der Waals surface area contributed by atoms with Crippen molar-refractivity contribution in [3.05, 3.63) is 95.7 Å². The fourth-order valence-corrected chi connectivity index (χ4v) is 4.30. The highest BCUT2D eigenvalue weighted by molar-refractivity contribution is 5.94. The maximum absolute atomic E-state index is 13.4. The van der Waals surface area contributed by atoms with Crippen molar-refractivity contribution in [1.82, 2.24) is 15.2 Å². The lowest BCUT2D eigenvalue weighted by Crippen LogP contribution is -2.34. The Morgan fingerprint density at radius 3 is 2.47 bits per heavy atom. The van der Waals surface area contributed by atoms with Crippen molar-refractivity contribution in [2.75, 3.05) is 30.0 Å². The van der Waals surface area contributed by atoms with E-state index in [1.54, 1.807) is 18.1 Å². The van der Waals surface area contributed by atoms with Gasteiger partial charge in [0.25, 0.3) is 0 Å². The van der Waals surface area contributed by atoms with Gasteiger partial charge in [-0.05, 0) is 64.9 Å². The van der Waals surface area contributed by atoms with Crippen LogP contribution in [0, 0.1) is 0 Å². The van der Waals surface area contributed by atoms with Gasteiger partial charge in [-0.25, -0.2) is 14.6 Å². The maximum atomic E-state index is 13.4. The van der Waals surface area contributed by atoms with Crippen LogP contribution in [0.1, 0.15) is 22.7 Å². The standard InChI is InChI=1S/C28H28N6O2.C2HF3O2/c1-34-14-12-18-5-7-20(8-6-18)25(32-23-9-10-24-21(16-23)11-13-30-26(24)29)27(35)31-17-19-3-2-4-22(15-19)33-28(34)36;3-2(4,5)1(6)7/h2-11,13,15-16,25,32H,12,14,17H2,1H3,(H2,29,30)(H,31,35)(H,33,36);(H,6,7). The van der Waals surface area contributed by atoms with E-state index in [4.69, 9.17) is 15.6 Å². The number of nitrogens with two attached hydrogens (primary N) is 1. The minimum atomic E-state index is -5.08. The van der Waals surface area contributed by atoms with Crippen LogP contribution in [-0.2, 0) is 22.6 Å². The Balaban J connectivity index is 0.000000541. The zero-order valence-corrected chi connectivity index (χ0v) is 23.0. The molecule has 0 saturated carbocycles. The number of rotatable bonds is 2. The molecule has 13 heteroatoms. The number of carboxylic acid groups (broad SMARTS) is 1. The van der Waals surface area contributed by atoms with Crippen molar-refractivity contribution >= 4 is 45.9 Å². The Bertz CT molecular complexity index is 1630. The van der Waals surface area contributed by atoms with Crippen molar-refractivity contribution in [3.8, 4) is 0 Å². The second-order valence-corrected chi connectivity index (χ2v) is 9.77. The minimum Gasteiger partial charge on any atom is -0.475 e. The number of aliphatic carboxylic acids is 1. The molecule has 4 aromatic rings. The first kappa shape index (κ1) is 30.6. The molecule has 43 heavy (non-hydrogen) atoms. The third kappa shape index (κ3) is 8.12. The van der Waals surface area contributed by atoms with Crippen LogP contribution < -0.4 is 21.7 Å².